The minimum Gasteiger partial charge on any atom is -0.329 e. The van der Waals surface area contributed by atoms with E-state index in [0.29, 0.717) is 25.3 Å². The van der Waals surface area contributed by atoms with Gasteiger partial charge in [0.15, 0.2) is 0 Å². The van der Waals surface area contributed by atoms with Crippen molar-refractivity contribution in [2.45, 2.75) is 18.9 Å². The highest BCUT2D eigenvalue weighted by molar-refractivity contribution is 7.91. The zero-order chi connectivity index (χ0) is 9.19. The van der Waals surface area contributed by atoms with Crippen molar-refractivity contribution in [1.82, 2.24) is 0 Å². The number of hydrogen-bond acceptors (Lipinski definition) is 4. The third kappa shape index (κ3) is 2.43. The van der Waals surface area contributed by atoms with Gasteiger partial charge >= 0.3 is 0 Å². The number of rotatable bonds is 2. The summed E-state index contributed by atoms with van der Waals surface area (Å²) in [4.78, 5) is 0. The van der Waals surface area contributed by atoms with E-state index in [2.05, 4.69) is 0 Å². The Kier molecular flexibility index (Phi) is 3.09. The summed E-state index contributed by atoms with van der Waals surface area (Å²) in [6.45, 7) is 0.449. The van der Waals surface area contributed by atoms with Crippen molar-refractivity contribution in [2.24, 2.45) is 17.4 Å². The smallest absolute Gasteiger partial charge is 0.150 e. The Labute approximate surface area is 73.2 Å². The first-order chi connectivity index (χ1) is 5.55. The van der Waals surface area contributed by atoms with Crippen molar-refractivity contribution in [3.05, 3.63) is 0 Å². The molecule has 0 bridgehead atoms. The minimum absolute atomic E-state index is 0.0273. The van der Waals surface area contributed by atoms with Crippen LogP contribution in [0.5, 0.6) is 0 Å². The first kappa shape index (κ1) is 9.95. The van der Waals surface area contributed by atoms with Gasteiger partial charge in [-0.2, -0.15) is 0 Å². The summed E-state index contributed by atoms with van der Waals surface area (Å²) in [6, 6.07) is -0.0273. The van der Waals surface area contributed by atoms with E-state index >= 15 is 0 Å². The second-order valence-electron chi connectivity index (χ2n) is 3.39. The summed E-state index contributed by atoms with van der Waals surface area (Å²) in [5, 5.41) is 0. The fraction of sp³-hybridized carbons (Fsp3) is 1.00. The monoisotopic (exact) mass is 192 g/mol. The highest BCUT2D eigenvalue weighted by atomic mass is 32.2. The van der Waals surface area contributed by atoms with E-state index in [4.69, 9.17) is 11.5 Å². The fourth-order valence-electron chi connectivity index (χ4n) is 1.53. The molecule has 4 N–H and O–H groups in total. The molecule has 1 rings (SSSR count). The van der Waals surface area contributed by atoms with E-state index in [1.807, 2.05) is 0 Å². The fourth-order valence-corrected chi connectivity index (χ4v) is 3.06. The van der Waals surface area contributed by atoms with Crippen molar-refractivity contribution >= 4 is 9.84 Å². The summed E-state index contributed by atoms with van der Waals surface area (Å²) in [5.41, 5.74) is 11.1. The average molecular weight is 192 g/mol. The lowest BCUT2D eigenvalue weighted by Gasteiger charge is -2.26. The molecule has 0 saturated carbocycles. The van der Waals surface area contributed by atoms with Gasteiger partial charge < -0.3 is 11.5 Å². The second-order valence-corrected chi connectivity index (χ2v) is 5.69. The third-order valence-electron chi connectivity index (χ3n) is 2.48. The molecule has 1 fully saturated rings. The summed E-state index contributed by atoms with van der Waals surface area (Å²) in [5.74, 6) is 0.870. The topological polar surface area (TPSA) is 86.2 Å². The normalized spacial score (nSPS) is 26.8. The van der Waals surface area contributed by atoms with Crippen molar-refractivity contribution in [2.75, 3.05) is 18.1 Å². The van der Waals surface area contributed by atoms with Crippen LogP contribution in [0.25, 0.3) is 0 Å². The maximum Gasteiger partial charge on any atom is 0.150 e. The van der Waals surface area contributed by atoms with Crippen molar-refractivity contribution in [3.8, 4) is 0 Å². The molecule has 1 heterocycles. The molecule has 12 heavy (non-hydrogen) atoms. The third-order valence-corrected chi connectivity index (χ3v) is 4.19. The van der Waals surface area contributed by atoms with Gasteiger partial charge in [-0.05, 0) is 18.8 Å². The molecule has 1 aliphatic heterocycles. The van der Waals surface area contributed by atoms with Crippen molar-refractivity contribution < 1.29 is 8.42 Å². The molecule has 72 valence electrons. The van der Waals surface area contributed by atoms with E-state index in [0.717, 1.165) is 0 Å². The lowest BCUT2D eigenvalue weighted by Crippen LogP contribution is -2.41. The van der Waals surface area contributed by atoms with Crippen LogP contribution in [0.15, 0.2) is 0 Å². The first-order valence-electron chi connectivity index (χ1n) is 4.21. The zero-order valence-corrected chi connectivity index (χ0v) is 7.89. The van der Waals surface area contributed by atoms with E-state index < -0.39 is 9.84 Å². The molecular weight excluding hydrogens is 176 g/mol. The van der Waals surface area contributed by atoms with Crippen LogP contribution in [0.3, 0.4) is 0 Å². The number of nitrogens with two attached hydrogens (primary N) is 2. The molecule has 0 aromatic carbocycles. The Morgan fingerprint density at radius 1 is 1.33 bits per heavy atom. The molecule has 1 unspecified atom stereocenters. The van der Waals surface area contributed by atoms with Crippen LogP contribution in [-0.2, 0) is 9.84 Å². The van der Waals surface area contributed by atoms with Crippen molar-refractivity contribution in [1.29, 1.82) is 0 Å². The lowest BCUT2D eigenvalue weighted by molar-refractivity contribution is 0.388. The van der Waals surface area contributed by atoms with E-state index in [-0.39, 0.29) is 17.5 Å². The minimum atomic E-state index is -2.75. The quantitative estimate of drug-likeness (QED) is 0.593. The Bertz CT molecular complexity index is 224. The van der Waals surface area contributed by atoms with Crippen LogP contribution in [0.4, 0.5) is 0 Å². The predicted molar refractivity (Wildman–Crippen MR) is 48.4 cm³/mol. The Morgan fingerprint density at radius 3 is 2.25 bits per heavy atom. The van der Waals surface area contributed by atoms with Gasteiger partial charge in [-0.25, -0.2) is 8.42 Å². The second kappa shape index (κ2) is 3.72. The molecule has 0 amide bonds. The highest BCUT2D eigenvalue weighted by Crippen LogP contribution is 2.20. The summed E-state index contributed by atoms with van der Waals surface area (Å²) < 4.78 is 22.1. The van der Waals surface area contributed by atoms with E-state index in [9.17, 15) is 8.42 Å². The van der Waals surface area contributed by atoms with Gasteiger partial charge in [0.2, 0.25) is 0 Å². The molecule has 0 aromatic rings. The van der Waals surface area contributed by atoms with Gasteiger partial charge in [-0.3, -0.25) is 0 Å². The molecule has 1 atom stereocenters. The molecule has 1 saturated heterocycles. The Morgan fingerprint density at radius 2 is 1.83 bits per heavy atom. The van der Waals surface area contributed by atoms with Crippen LogP contribution in [0.2, 0.25) is 0 Å². The first-order valence-corrected chi connectivity index (χ1v) is 6.03. The van der Waals surface area contributed by atoms with E-state index in [1.54, 1.807) is 0 Å². The predicted octanol–water partition coefficient (Wildman–Crippen LogP) is -0.903. The van der Waals surface area contributed by atoms with Crippen molar-refractivity contribution in [3.63, 3.8) is 0 Å². The van der Waals surface area contributed by atoms with Crippen LogP contribution in [0, 0.1) is 5.92 Å². The van der Waals surface area contributed by atoms with Gasteiger partial charge in [0, 0.05) is 12.6 Å². The molecule has 5 heteroatoms. The summed E-state index contributed by atoms with van der Waals surface area (Å²) in [7, 11) is -2.75. The molecular formula is C7H16N2O2S. The van der Waals surface area contributed by atoms with Crippen LogP contribution >= 0.6 is 0 Å². The van der Waals surface area contributed by atoms with Gasteiger partial charge in [-0.1, -0.05) is 0 Å². The maximum atomic E-state index is 11.0. The van der Waals surface area contributed by atoms with Crippen LogP contribution in [0.1, 0.15) is 12.8 Å². The standard InChI is InChI=1S/C7H16N2O2S/c8-5-7(9)6-1-3-12(10,11)4-2-6/h6-7H,1-5,8-9H2. The van der Waals surface area contributed by atoms with E-state index in [1.165, 1.54) is 0 Å². The lowest BCUT2D eigenvalue weighted by atomic mass is 9.94. The number of sulfone groups is 1. The molecule has 0 aliphatic carbocycles. The maximum absolute atomic E-state index is 11.0. The molecule has 4 nitrogen and oxygen atoms in total. The Balaban J connectivity index is 2.46. The largest absolute Gasteiger partial charge is 0.329 e. The Hall–Kier alpha value is -0.130. The highest BCUT2D eigenvalue weighted by Gasteiger charge is 2.26. The van der Waals surface area contributed by atoms with Gasteiger partial charge in [0.25, 0.3) is 0 Å². The molecule has 1 aliphatic rings. The molecule has 0 radical (unpaired) electrons. The summed E-state index contributed by atoms with van der Waals surface area (Å²) in [6.07, 6.45) is 1.36. The van der Waals surface area contributed by atoms with Crippen LogP contribution < -0.4 is 11.5 Å². The summed E-state index contributed by atoms with van der Waals surface area (Å²) >= 11 is 0. The van der Waals surface area contributed by atoms with Gasteiger partial charge in [0.1, 0.15) is 9.84 Å². The zero-order valence-electron chi connectivity index (χ0n) is 7.07. The van der Waals surface area contributed by atoms with Gasteiger partial charge in [0.05, 0.1) is 11.5 Å². The SMILES string of the molecule is NCC(N)C1CCS(=O)(=O)CC1. The molecule has 0 aromatic heterocycles. The molecule has 0 spiro atoms. The van der Waals surface area contributed by atoms with Crippen LogP contribution in [-0.4, -0.2) is 32.5 Å². The van der Waals surface area contributed by atoms with Gasteiger partial charge in [-0.15, -0.1) is 0 Å². The number of hydrogen-bond donors (Lipinski definition) is 2. The average Bonchev–Trinajstić information content (AvgIpc) is 2.03.